The molecule has 93 heavy (non-hydrogen) atoms. The maximum absolute atomic E-state index is 13.3. The largest absolute Gasteiger partial charge is 0.394 e. The molecular weight excluding hydrogens is 1170 g/mol. The number of aliphatic hydroxyl groups is 8. The molecule has 528 valence electrons. The highest BCUT2D eigenvalue weighted by molar-refractivity contribution is 5.76. The van der Waals surface area contributed by atoms with E-state index >= 15 is 0 Å². The monoisotopic (exact) mass is 1300 g/mol. The van der Waals surface area contributed by atoms with Crippen molar-refractivity contribution in [1.29, 1.82) is 0 Å². The molecule has 9 N–H and O–H groups in total. The minimum Gasteiger partial charge on any atom is -0.394 e. The Labute approximate surface area is 563 Å². The number of aliphatic hydroxyl groups excluding tert-OH is 8. The van der Waals surface area contributed by atoms with Crippen LogP contribution in [0.5, 0.6) is 0 Å². The summed E-state index contributed by atoms with van der Waals surface area (Å²) in [5, 5.41) is 87.4. The van der Waals surface area contributed by atoms with Crippen molar-refractivity contribution >= 4 is 5.91 Å². The van der Waals surface area contributed by atoms with Gasteiger partial charge in [-0.05, 0) is 122 Å². The van der Waals surface area contributed by atoms with Gasteiger partial charge < -0.3 is 65.1 Å². The highest BCUT2D eigenvalue weighted by atomic mass is 16.7. The Morgan fingerprint density at radius 3 is 1.18 bits per heavy atom. The molecule has 2 rings (SSSR count). The van der Waals surface area contributed by atoms with Gasteiger partial charge in [-0.1, -0.05) is 268 Å². The number of rotatable bonds is 57. The fourth-order valence-electron chi connectivity index (χ4n) is 10.7. The first kappa shape index (κ1) is 84.7. The Morgan fingerprint density at radius 1 is 0.398 bits per heavy atom. The van der Waals surface area contributed by atoms with E-state index in [-0.39, 0.29) is 18.9 Å². The molecule has 14 nitrogen and oxygen atoms in total. The van der Waals surface area contributed by atoms with Crippen molar-refractivity contribution < 1.29 is 64.6 Å². The lowest BCUT2D eigenvalue weighted by atomic mass is 9.97. The van der Waals surface area contributed by atoms with E-state index < -0.39 is 86.8 Å². The van der Waals surface area contributed by atoms with Crippen LogP contribution in [0.1, 0.15) is 239 Å². The summed E-state index contributed by atoms with van der Waals surface area (Å²) < 4.78 is 22.8. The average Bonchev–Trinajstić information content (AvgIpc) is 0.854. The Kier molecular flexibility index (Phi) is 55.8. The molecule has 12 atom stereocenters. The van der Waals surface area contributed by atoms with Gasteiger partial charge >= 0.3 is 0 Å². The first-order chi connectivity index (χ1) is 45.6. The van der Waals surface area contributed by atoms with E-state index in [4.69, 9.17) is 18.9 Å². The molecule has 14 heteroatoms. The normalized spacial score (nSPS) is 23.5. The van der Waals surface area contributed by atoms with Gasteiger partial charge in [0, 0.05) is 6.42 Å². The van der Waals surface area contributed by atoms with Crippen LogP contribution in [0.4, 0.5) is 0 Å². The summed E-state index contributed by atoms with van der Waals surface area (Å²) in [5.74, 6) is -0.268. The molecule has 2 fully saturated rings. The second-order valence-corrected chi connectivity index (χ2v) is 24.6. The minimum atomic E-state index is -1.80. The van der Waals surface area contributed by atoms with Gasteiger partial charge in [0.05, 0.1) is 32.0 Å². The maximum Gasteiger partial charge on any atom is 0.220 e. The van der Waals surface area contributed by atoms with Crippen LogP contribution in [0, 0.1) is 0 Å². The van der Waals surface area contributed by atoms with Gasteiger partial charge in [0.15, 0.2) is 12.6 Å². The number of hydrogen-bond acceptors (Lipinski definition) is 13. The molecule has 0 aromatic carbocycles. The van der Waals surface area contributed by atoms with E-state index in [0.29, 0.717) is 12.8 Å². The van der Waals surface area contributed by atoms with E-state index in [2.05, 4.69) is 165 Å². The first-order valence-electron chi connectivity index (χ1n) is 36.2. The third-order valence-corrected chi connectivity index (χ3v) is 16.4. The van der Waals surface area contributed by atoms with Gasteiger partial charge in [-0.3, -0.25) is 4.79 Å². The van der Waals surface area contributed by atoms with Gasteiger partial charge in [0.25, 0.3) is 0 Å². The molecule has 0 saturated carbocycles. The molecule has 0 aromatic rings. The number of nitrogens with one attached hydrogen (secondary N) is 1. The third kappa shape index (κ3) is 44.9. The Hall–Kier alpha value is -4.39. The van der Waals surface area contributed by atoms with Crippen molar-refractivity contribution in [3.63, 3.8) is 0 Å². The maximum atomic E-state index is 13.3. The highest BCUT2D eigenvalue weighted by Gasteiger charge is 2.51. The molecule has 0 bridgehead atoms. The highest BCUT2D eigenvalue weighted by Crippen LogP contribution is 2.30. The fourth-order valence-corrected chi connectivity index (χ4v) is 10.7. The van der Waals surface area contributed by atoms with Crippen molar-refractivity contribution in [3.05, 3.63) is 158 Å². The average molecular weight is 1300 g/mol. The van der Waals surface area contributed by atoms with Gasteiger partial charge in [0.2, 0.25) is 5.91 Å². The van der Waals surface area contributed by atoms with E-state index in [1.165, 1.54) is 83.5 Å². The van der Waals surface area contributed by atoms with Crippen molar-refractivity contribution in [3.8, 4) is 0 Å². The van der Waals surface area contributed by atoms with Crippen LogP contribution < -0.4 is 5.32 Å². The van der Waals surface area contributed by atoms with Crippen molar-refractivity contribution in [2.24, 2.45) is 0 Å². The number of carbonyl (C=O) groups excluding carboxylic acids is 1. The number of allylic oxidation sites excluding steroid dienone is 25. The second kappa shape index (κ2) is 61.2. The standard InChI is InChI=1S/C79H129NO13/c1-3-5-7-9-11-13-15-17-19-21-23-25-26-27-28-29-30-31-32-33-34-35-36-37-38-39-40-41-42-43-45-47-49-51-53-55-57-59-61-63-71(84)80-67(68(83)62-60-58-56-54-52-50-48-46-44-24-22-20-18-16-14-12-10-8-6-4-2)66-90-78-76(89)74(87)77(70(65-82)92-78)93-79-75(88)73(86)72(85)69(64-81)91-79/h5,7,11,13,17,19,23,25,27-28,30-31,33-34,36-37,39-40,42-44,46,52,54,60,62,67-70,72-79,81-83,85-89H,3-4,6,8-10,12,14-16,18,20-22,24,26,29,32,35,38,41,45,47-51,53,55-59,61,63-66H2,1-2H3,(H,80,84)/b7-5-,13-11-,19-17-,25-23-,28-27-,31-30-,34-33-,37-36-,40-39-,43-42-,46-44+,54-52+,62-60+. The molecule has 2 aliphatic heterocycles. The smallest absolute Gasteiger partial charge is 0.220 e. The van der Waals surface area contributed by atoms with Crippen molar-refractivity contribution in [1.82, 2.24) is 5.32 Å². The molecule has 2 aliphatic rings. The quantitative estimate of drug-likeness (QED) is 0.0204. The summed E-state index contributed by atoms with van der Waals surface area (Å²) in [7, 11) is 0. The van der Waals surface area contributed by atoms with Crippen LogP contribution in [-0.4, -0.2) is 140 Å². The third-order valence-electron chi connectivity index (χ3n) is 16.4. The van der Waals surface area contributed by atoms with Gasteiger partial charge in [-0.25, -0.2) is 0 Å². The molecular formula is C79H129NO13. The molecule has 0 aromatic heterocycles. The predicted molar refractivity (Wildman–Crippen MR) is 382 cm³/mol. The summed E-state index contributed by atoms with van der Waals surface area (Å²) in [6, 6.07) is -0.955. The van der Waals surface area contributed by atoms with Crippen molar-refractivity contribution in [2.75, 3.05) is 19.8 Å². The van der Waals surface area contributed by atoms with Gasteiger partial charge in [0.1, 0.15) is 48.8 Å². The summed E-state index contributed by atoms with van der Waals surface area (Å²) >= 11 is 0. The lowest BCUT2D eigenvalue weighted by Crippen LogP contribution is -2.65. The van der Waals surface area contributed by atoms with Gasteiger partial charge in [-0.2, -0.15) is 0 Å². The molecule has 2 saturated heterocycles. The van der Waals surface area contributed by atoms with Crippen LogP contribution in [0.25, 0.3) is 0 Å². The Morgan fingerprint density at radius 2 is 0.753 bits per heavy atom. The lowest BCUT2D eigenvalue weighted by Gasteiger charge is -2.46. The van der Waals surface area contributed by atoms with Crippen LogP contribution in [0.3, 0.4) is 0 Å². The number of ether oxygens (including phenoxy) is 4. The Bertz CT molecular complexity index is 2170. The predicted octanol–water partition coefficient (Wildman–Crippen LogP) is 15.4. The topological polar surface area (TPSA) is 228 Å². The van der Waals surface area contributed by atoms with Crippen LogP contribution in [0.2, 0.25) is 0 Å². The first-order valence-corrected chi connectivity index (χ1v) is 36.2. The van der Waals surface area contributed by atoms with Crippen molar-refractivity contribution in [2.45, 2.75) is 312 Å². The molecule has 12 unspecified atom stereocenters. The van der Waals surface area contributed by atoms with Crippen LogP contribution in [-0.2, 0) is 23.7 Å². The SMILES string of the molecule is CC/C=C\C/C=C\C/C=C\C/C=C\C/C=C\C/C=C\C/C=C\C/C=C\C/C=C\C/C=C\CCCCCCCCCCC(=O)NC(COC1OC(CO)C(OC2OC(CO)C(O)C(O)C2O)C(O)C1O)C(O)/C=C/CC/C=C/CC/C=C/CCCCCCCCCCCC. The summed E-state index contributed by atoms with van der Waals surface area (Å²) in [6.45, 7) is 2.65. The summed E-state index contributed by atoms with van der Waals surface area (Å²) in [6.07, 6.45) is 77.2. The minimum absolute atomic E-state index is 0.250. The van der Waals surface area contributed by atoms with E-state index in [1.54, 1.807) is 6.08 Å². The second-order valence-electron chi connectivity index (χ2n) is 24.6. The molecule has 1 amide bonds. The zero-order chi connectivity index (χ0) is 67.3. The van der Waals surface area contributed by atoms with Gasteiger partial charge in [-0.15, -0.1) is 0 Å². The molecule has 0 aliphatic carbocycles. The lowest BCUT2D eigenvalue weighted by molar-refractivity contribution is -0.359. The van der Waals surface area contributed by atoms with E-state index in [0.717, 1.165) is 122 Å². The number of hydrogen-bond donors (Lipinski definition) is 9. The number of carbonyl (C=O) groups is 1. The zero-order valence-corrected chi connectivity index (χ0v) is 57.4. The number of unbranched alkanes of at least 4 members (excludes halogenated alkanes) is 20. The van der Waals surface area contributed by atoms with Crippen LogP contribution >= 0.6 is 0 Å². The molecule has 2 heterocycles. The van der Waals surface area contributed by atoms with E-state index in [9.17, 15) is 45.6 Å². The van der Waals surface area contributed by atoms with Crippen LogP contribution in [0.15, 0.2) is 158 Å². The number of amides is 1. The summed E-state index contributed by atoms with van der Waals surface area (Å²) in [4.78, 5) is 13.3. The Balaban J connectivity index is 1.67. The summed E-state index contributed by atoms with van der Waals surface area (Å²) in [5.41, 5.74) is 0. The zero-order valence-electron chi connectivity index (χ0n) is 57.4. The molecule has 0 radical (unpaired) electrons. The van der Waals surface area contributed by atoms with E-state index in [1.807, 2.05) is 6.08 Å². The molecule has 0 spiro atoms. The fraction of sp³-hybridized carbons (Fsp3) is 0.658.